The van der Waals surface area contributed by atoms with E-state index < -0.39 is 0 Å². The second-order valence-electron chi connectivity index (χ2n) is 6.70. The summed E-state index contributed by atoms with van der Waals surface area (Å²) in [6.45, 7) is 10.9. The summed E-state index contributed by atoms with van der Waals surface area (Å²) in [6.07, 6.45) is 1.04. The Labute approximate surface area is 136 Å². The Morgan fingerprint density at radius 2 is 2.24 bits per heavy atom. The summed E-state index contributed by atoms with van der Waals surface area (Å²) < 4.78 is 7.06. The summed E-state index contributed by atoms with van der Waals surface area (Å²) in [7, 11) is 0. The number of benzene rings is 1. The molecule has 1 saturated heterocycles. The summed E-state index contributed by atoms with van der Waals surface area (Å²) in [5.74, 6) is 1.79. The minimum absolute atomic E-state index is 0.557. The normalized spacial score (nSPS) is 26.0. The van der Waals surface area contributed by atoms with Gasteiger partial charge in [-0.1, -0.05) is 29.8 Å². The van der Waals surface area contributed by atoms with Crippen molar-refractivity contribution in [3.8, 4) is 5.75 Å². The first-order valence-corrected chi connectivity index (χ1v) is 8.75. The molecule has 2 aliphatic heterocycles. The lowest BCUT2D eigenvalue weighted by molar-refractivity contribution is 0.0946. The van der Waals surface area contributed by atoms with Gasteiger partial charge in [-0.05, 0) is 30.5 Å². The van der Waals surface area contributed by atoms with Gasteiger partial charge in [-0.3, -0.25) is 4.90 Å². The largest absolute Gasteiger partial charge is 0.493 e. The number of ether oxygens (including phenoxy) is 1. The van der Waals surface area contributed by atoms with E-state index in [-0.39, 0.29) is 0 Å². The molecule has 0 amide bonds. The van der Waals surface area contributed by atoms with Gasteiger partial charge in [0.25, 0.3) is 0 Å². The third kappa shape index (κ3) is 3.27. The number of nitrogens with one attached hydrogen (secondary N) is 1. The molecule has 0 bridgehead atoms. The van der Waals surface area contributed by atoms with Crippen molar-refractivity contribution in [2.24, 2.45) is 5.92 Å². The highest BCUT2D eigenvalue weighted by molar-refractivity contribution is 9.10. The molecular weight excluding hydrogens is 328 g/mol. The third-order valence-electron chi connectivity index (χ3n) is 4.62. The van der Waals surface area contributed by atoms with Crippen molar-refractivity contribution in [2.45, 2.75) is 45.8 Å². The van der Waals surface area contributed by atoms with Crippen LogP contribution in [0.5, 0.6) is 5.75 Å². The Hall–Kier alpha value is -0.580. The topological polar surface area (TPSA) is 24.5 Å². The number of halogens is 1. The zero-order valence-electron chi connectivity index (χ0n) is 13.2. The summed E-state index contributed by atoms with van der Waals surface area (Å²) in [5, 5.41) is 3.61. The molecule has 0 aromatic heterocycles. The van der Waals surface area contributed by atoms with Crippen LogP contribution in [-0.2, 0) is 13.0 Å². The average molecular weight is 353 g/mol. The van der Waals surface area contributed by atoms with Gasteiger partial charge in [-0.2, -0.15) is 0 Å². The highest BCUT2D eigenvalue weighted by Gasteiger charge is 2.29. The molecule has 0 radical (unpaired) electrons. The van der Waals surface area contributed by atoms with E-state index in [4.69, 9.17) is 4.74 Å². The lowest BCUT2D eigenvalue weighted by atomic mass is 9.97. The van der Waals surface area contributed by atoms with Crippen molar-refractivity contribution in [1.82, 2.24) is 10.2 Å². The van der Waals surface area contributed by atoms with Crippen LogP contribution in [0.25, 0.3) is 0 Å². The van der Waals surface area contributed by atoms with Crippen LogP contribution in [0.4, 0.5) is 0 Å². The van der Waals surface area contributed by atoms with Crippen LogP contribution in [-0.4, -0.2) is 36.7 Å². The second kappa shape index (κ2) is 6.27. The molecule has 21 heavy (non-hydrogen) atoms. The number of hydrogen-bond acceptors (Lipinski definition) is 3. The van der Waals surface area contributed by atoms with E-state index in [1.807, 2.05) is 0 Å². The Morgan fingerprint density at radius 1 is 1.43 bits per heavy atom. The van der Waals surface area contributed by atoms with E-state index in [1.54, 1.807) is 0 Å². The van der Waals surface area contributed by atoms with E-state index in [0.717, 1.165) is 38.4 Å². The van der Waals surface area contributed by atoms with Crippen molar-refractivity contribution in [3.63, 3.8) is 0 Å². The van der Waals surface area contributed by atoms with Gasteiger partial charge in [-0.15, -0.1) is 0 Å². The zero-order valence-corrected chi connectivity index (χ0v) is 14.7. The van der Waals surface area contributed by atoms with E-state index in [2.05, 4.69) is 59.1 Å². The molecule has 2 atom stereocenters. The molecule has 2 aliphatic rings. The zero-order chi connectivity index (χ0) is 15.0. The van der Waals surface area contributed by atoms with Crippen LogP contribution in [0, 0.1) is 5.92 Å². The first-order valence-electron chi connectivity index (χ1n) is 7.96. The SMILES string of the molecule is CC1CN(Cc2cc(Br)cc3c2OCC3)C(C(C)C)CN1. The highest BCUT2D eigenvalue weighted by atomic mass is 79.9. The molecule has 4 heteroatoms. The maximum Gasteiger partial charge on any atom is 0.127 e. The molecule has 1 aromatic rings. The summed E-state index contributed by atoms with van der Waals surface area (Å²) in [4.78, 5) is 2.62. The van der Waals surface area contributed by atoms with Gasteiger partial charge >= 0.3 is 0 Å². The second-order valence-corrected chi connectivity index (χ2v) is 7.62. The van der Waals surface area contributed by atoms with Crippen molar-refractivity contribution < 1.29 is 4.74 Å². The monoisotopic (exact) mass is 352 g/mol. The maximum absolute atomic E-state index is 5.89. The molecule has 2 unspecified atom stereocenters. The molecule has 1 N–H and O–H groups in total. The fourth-order valence-electron chi connectivity index (χ4n) is 3.52. The van der Waals surface area contributed by atoms with Crippen molar-refractivity contribution in [1.29, 1.82) is 0 Å². The van der Waals surface area contributed by atoms with Gasteiger partial charge in [0.15, 0.2) is 0 Å². The van der Waals surface area contributed by atoms with E-state index in [1.165, 1.54) is 15.6 Å². The number of hydrogen-bond donors (Lipinski definition) is 1. The molecular formula is C17H25BrN2O. The lowest BCUT2D eigenvalue weighted by Gasteiger charge is -2.41. The first kappa shape index (κ1) is 15.3. The number of piperazine rings is 1. The van der Waals surface area contributed by atoms with Crippen molar-refractivity contribution >= 4 is 15.9 Å². The number of rotatable bonds is 3. The van der Waals surface area contributed by atoms with Crippen LogP contribution in [0.3, 0.4) is 0 Å². The first-order chi connectivity index (χ1) is 10.0. The average Bonchev–Trinajstić information content (AvgIpc) is 2.86. The summed E-state index contributed by atoms with van der Waals surface area (Å²) in [5.41, 5.74) is 2.68. The number of fused-ring (bicyclic) bond motifs is 1. The molecule has 1 fully saturated rings. The van der Waals surface area contributed by atoms with Gasteiger partial charge in [0.2, 0.25) is 0 Å². The van der Waals surface area contributed by atoms with Gasteiger partial charge < -0.3 is 10.1 Å². The Kier molecular flexibility index (Phi) is 4.57. The molecule has 116 valence electrons. The standard InChI is InChI=1S/C17H25BrN2O/c1-11(2)16-8-19-12(3)9-20(16)10-14-7-15(18)6-13-4-5-21-17(13)14/h6-7,11-12,16,19H,4-5,8-10H2,1-3H3. The van der Waals surface area contributed by atoms with Crippen molar-refractivity contribution in [2.75, 3.05) is 19.7 Å². The van der Waals surface area contributed by atoms with Crippen LogP contribution in [0.2, 0.25) is 0 Å². The molecule has 1 aromatic carbocycles. The van der Waals surface area contributed by atoms with Gasteiger partial charge in [0.1, 0.15) is 5.75 Å². The van der Waals surface area contributed by atoms with Crippen LogP contribution >= 0.6 is 15.9 Å². The van der Waals surface area contributed by atoms with Crippen LogP contribution in [0.1, 0.15) is 31.9 Å². The van der Waals surface area contributed by atoms with Crippen LogP contribution < -0.4 is 10.1 Å². The molecule has 3 rings (SSSR count). The van der Waals surface area contributed by atoms with Gasteiger partial charge in [0.05, 0.1) is 6.61 Å². The van der Waals surface area contributed by atoms with E-state index in [0.29, 0.717) is 18.0 Å². The lowest BCUT2D eigenvalue weighted by Crippen LogP contribution is -2.56. The summed E-state index contributed by atoms with van der Waals surface area (Å²) >= 11 is 3.65. The Morgan fingerprint density at radius 3 is 3.00 bits per heavy atom. The molecule has 0 aliphatic carbocycles. The predicted octanol–water partition coefficient (Wildman–Crippen LogP) is 3.20. The van der Waals surface area contributed by atoms with E-state index >= 15 is 0 Å². The maximum atomic E-state index is 5.89. The van der Waals surface area contributed by atoms with Gasteiger partial charge in [-0.25, -0.2) is 0 Å². The smallest absolute Gasteiger partial charge is 0.127 e. The Balaban J connectivity index is 1.84. The molecule has 0 spiro atoms. The number of nitrogens with zero attached hydrogens (tertiary/aromatic N) is 1. The Bertz CT molecular complexity index is 518. The van der Waals surface area contributed by atoms with Crippen LogP contribution in [0.15, 0.2) is 16.6 Å². The summed E-state index contributed by atoms with van der Waals surface area (Å²) in [6, 6.07) is 5.58. The van der Waals surface area contributed by atoms with Crippen molar-refractivity contribution in [3.05, 3.63) is 27.7 Å². The molecule has 2 heterocycles. The predicted molar refractivity (Wildman–Crippen MR) is 89.8 cm³/mol. The fraction of sp³-hybridized carbons (Fsp3) is 0.647. The van der Waals surface area contributed by atoms with E-state index in [9.17, 15) is 0 Å². The molecule has 3 nitrogen and oxygen atoms in total. The minimum atomic E-state index is 0.557. The minimum Gasteiger partial charge on any atom is -0.493 e. The highest BCUT2D eigenvalue weighted by Crippen LogP contribution is 2.34. The quantitative estimate of drug-likeness (QED) is 0.903. The van der Waals surface area contributed by atoms with Gasteiger partial charge in [0, 0.05) is 48.2 Å². The fourth-order valence-corrected chi connectivity index (χ4v) is 4.08. The third-order valence-corrected chi connectivity index (χ3v) is 5.08. The molecule has 0 saturated carbocycles.